The van der Waals surface area contributed by atoms with Crippen LogP contribution in [-0.2, 0) is 13.0 Å². The first kappa shape index (κ1) is 18.1. The highest BCUT2D eigenvalue weighted by Gasteiger charge is 2.43. The van der Waals surface area contributed by atoms with Crippen LogP contribution in [0.1, 0.15) is 37.4 Å². The van der Waals surface area contributed by atoms with Crippen LogP contribution < -0.4 is 0 Å². The fourth-order valence-electron chi connectivity index (χ4n) is 5.66. The number of nitrogens with zero attached hydrogens (tertiary/aromatic N) is 2. The van der Waals surface area contributed by atoms with Crippen LogP contribution in [-0.4, -0.2) is 9.55 Å². The Hall–Kier alpha value is -2.65. The normalized spacial score (nSPS) is 23.1. The number of hydrogen-bond acceptors (Lipinski definition) is 2. The van der Waals surface area contributed by atoms with Gasteiger partial charge in [-0.2, -0.15) is 0 Å². The molecule has 0 amide bonds. The van der Waals surface area contributed by atoms with E-state index in [1.54, 1.807) is 5.57 Å². The lowest BCUT2D eigenvalue weighted by atomic mass is 9.61. The molecular formula is C27H26N2S. The molecule has 0 spiro atoms. The molecule has 150 valence electrons. The van der Waals surface area contributed by atoms with Crippen molar-refractivity contribution in [1.29, 1.82) is 0 Å². The summed E-state index contributed by atoms with van der Waals surface area (Å²) < 4.78 is 3.81. The lowest BCUT2D eigenvalue weighted by Crippen LogP contribution is -2.40. The van der Waals surface area contributed by atoms with Gasteiger partial charge in [0.15, 0.2) is 0 Å². The Morgan fingerprint density at radius 2 is 1.93 bits per heavy atom. The molecule has 0 saturated heterocycles. The molecule has 2 unspecified atom stereocenters. The second-order valence-corrected chi connectivity index (χ2v) is 10.0. The average Bonchev–Trinajstić information content (AvgIpc) is 3.37. The highest BCUT2D eigenvalue weighted by atomic mass is 32.1. The molecule has 2 nitrogen and oxygen atoms in total. The molecular weight excluding hydrogens is 384 g/mol. The maximum absolute atomic E-state index is 4.82. The fraction of sp³-hybridized carbons (Fsp3) is 0.296. The van der Waals surface area contributed by atoms with Crippen molar-refractivity contribution in [3.8, 4) is 11.3 Å². The van der Waals surface area contributed by atoms with Crippen molar-refractivity contribution >= 4 is 27.5 Å². The summed E-state index contributed by atoms with van der Waals surface area (Å²) in [5, 5.41) is 3.85. The Morgan fingerprint density at radius 1 is 1.10 bits per heavy atom. The predicted molar refractivity (Wildman–Crippen MR) is 127 cm³/mol. The van der Waals surface area contributed by atoms with Gasteiger partial charge in [0.2, 0.25) is 0 Å². The van der Waals surface area contributed by atoms with Gasteiger partial charge in [0.1, 0.15) is 0 Å². The van der Waals surface area contributed by atoms with Crippen molar-refractivity contribution in [3.05, 3.63) is 83.1 Å². The molecule has 1 fully saturated rings. The third kappa shape index (κ3) is 2.79. The summed E-state index contributed by atoms with van der Waals surface area (Å²) in [6.45, 7) is 3.54. The van der Waals surface area contributed by atoms with Crippen LogP contribution in [0.15, 0.2) is 71.9 Å². The molecule has 2 aliphatic rings. The van der Waals surface area contributed by atoms with E-state index < -0.39 is 0 Å². The number of benzene rings is 2. The zero-order valence-corrected chi connectivity index (χ0v) is 18.2. The van der Waals surface area contributed by atoms with Crippen molar-refractivity contribution in [2.24, 2.45) is 11.3 Å². The van der Waals surface area contributed by atoms with Gasteiger partial charge in [0.05, 0.1) is 17.7 Å². The van der Waals surface area contributed by atoms with Crippen LogP contribution in [0.25, 0.3) is 27.4 Å². The van der Waals surface area contributed by atoms with E-state index in [1.807, 2.05) is 11.3 Å². The van der Waals surface area contributed by atoms with Crippen molar-refractivity contribution in [2.75, 3.05) is 0 Å². The molecule has 2 aromatic carbocycles. The molecule has 4 aromatic rings. The summed E-state index contributed by atoms with van der Waals surface area (Å²) >= 11 is 1.89. The van der Waals surface area contributed by atoms with Crippen molar-refractivity contribution in [1.82, 2.24) is 9.55 Å². The minimum Gasteiger partial charge on any atom is -0.330 e. The Labute approximate surface area is 181 Å². The maximum atomic E-state index is 4.82. The molecule has 1 saturated carbocycles. The first-order chi connectivity index (χ1) is 14.7. The maximum Gasteiger partial charge on any atom is 0.0958 e. The van der Waals surface area contributed by atoms with Crippen LogP contribution in [0.4, 0.5) is 0 Å². The summed E-state index contributed by atoms with van der Waals surface area (Å²) in [4.78, 5) is 4.82. The highest BCUT2D eigenvalue weighted by molar-refractivity contribution is 7.17. The molecule has 1 aliphatic carbocycles. The first-order valence-corrected chi connectivity index (χ1v) is 11.9. The number of rotatable bonds is 3. The van der Waals surface area contributed by atoms with E-state index in [9.17, 15) is 0 Å². The summed E-state index contributed by atoms with van der Waals surface area (Å²) in [5.41, 5.74) is 6.99. The lowest BCUT2D eigenvalue weighted by molar-refractivity contribution is 0.152. The topological polar surface area (TPSA) is 17.8 Å². The van der Waals surface area contributed by atoms with Crippen LogP contribution in [0.3, 0.4) is 0 Å². The Kier molecular flexibility index (Phi) is 4.21. The number of hydrogen-bond donors (Lipinski definition) is 0. The van der Waals surface area contributed by atoms with E-state index in [4.69, 9.17) is 4.98 Å². The van der Waals surface area contributed by atoms with Crippen LogP contribution >= 0.6 is 11.3 Å². The molecule has 2 atom stereocenters. The van der Waals surface area contributed by atoms with Crippen LogP contribution in [0.2, 0.25) is 0 Å². The molecule has 1 aliphatic heterocycles. The first-order valence-electron chi connectivity index (χ1n) is 11.0. The molecule has 6 rings (SSSR count). The largest absolute Gasteiger partial charge is 0.330 e. The van der Waals surface area contributed by atoms with Crippen molar-refractivity contribution in [3.63, 3.8) is 0 Å². The molecule has 0 N–H and O–H groups in total. The highest BCUT2D eigenvalue weighted by Crippen LogP contribution is 2.51. The van der Waals surface area contributed by atoms with Gasteiger partial charge in [-0.25, -0.2) is 4.98 Å². The van der Waals surface area contributed by atoms with Gasteiger partial charge < -0.3 is 4.57 Å². The third-order valence-corrected chi connectivity index (χ3v) is 8.41. The summed E-state index contributed by atoms with van der Waals surface area (Å²) in [7, 11) is 0. The molecule has 30 heavy (non-hydrogen) atoms. The number of fused-ring (bicyclic) bond motifs is 3. The third-order valence-electron chi connectivity index (χ3n) is 7.40. The minimum absolute atomic E-state index is 0.211. The quantitative estimate of drug-likeness (QED) is 0.349. The SMILES string of the molecule is CC12Cn3cnc(-c4ccccc4)c3C=C1CCCC2Cc1csc2ccccc12. The van der Waals surface area contributed by atoms with Gasteiger partial charge in [0, 0.05) is 22.2 Å². The molecule has 0 bridgehead atoms. The molecule has 3 heteroatoms. The zero-order valence-electron chi connectivity index (χ0n) is 17.3. The standard InChI is InChI=1S/C27H26N2S/c1-27-17-29-18-28-26(19-8-3-2-4-9-19)24(29)15-22(27)11-7-10-21(27)14-20-16-30-25-13-6-5-12-23(20)25/h2-6,8-9,12-13,15-16,18,21H,7,10-11,14,17H2,1H3. The van der Waals surface area contributed by atoms with E-state index >= 15 is 0 Å². The van der Waals surface area contributed by atoms with Crippen molar-refractivity contribution < 1.29 is 0 Å². The van der Waals surface area contributed by atoms with Crippen LogP contribution in [0, 0.1) is 11.3 Å². The Balaban J connectivity index is 1.37. The van der Waals surface area contributed by atoms with Gasteiger partial charge in [-0.1, -0.05) is 61.0 Å². The summed E-state index contributed by atoms with van der Waals surface area (Å²) in [6.07, 6.45) is 9.53. The Bertz CT molecular complexity index is 1250. The summed E-state index contributed by atoms with van der Waals surface area (Å²) in [5.74, 6) is 0.672. The van der Waals surface area contributed by atoms with E-state index in [-0.39, 0.29) is 5.41 Å². The number of aromatic nitrogens is 2. The van der Waals surface area contributed by atoms with E-state index in [0.29, 0.717) is 5.92 Å². The van der Waals surface area contributed by atoms with E-state index in [0.717, 1.165) is 12.2 Å². The molecule has 0 radical (unpaired) electrons. The zero-order chi connectivity index (χ0) is 20.1. The minimum atomic E-state index is 0.211. The predicted octanol–water partition coefficient (Wildman–Crippen LogP) is 7.21. The van der Waals surface area contributed by atoms with E-state index in [2.05, 4.69) is 83.9 Å². The second-order valence-electron chi connectivity index (χ2n) is 9.11. The number of imidazole rings is 1. The molecule has 2 aromatic heterocycles. The lowest BCUT2D eigenvalue weighted by Gasteiger charge is -2.46. The smallest absolute Gasteiger partial charge is 0.0958 e. The molecule has 3 heterocycles. The van der Waals surface area contributed by atoms with Gasteiger partial charge in [-0.05, 0) is 60.1 Å². The van der Waals surface area contributed by atoms with Gasteiger partial charge in [-0.15, -0.1) is 11.3 Å². The van der Waals surface area contributed by atoms with Gasteiger partial charge in [-0.3, -0.25) is 0 Å². The monoisotopic (exact) mass is 410 g/mol. The van der Waals surface area contributed by atoms with E-state index in [1.165, 1.54) is 52.6 Å². The second kappa shape index (κ2) is 6.95. The van der Waals surface area contributed by atoms with Crippen molar-refractivity contribution in [2.45, 2.75) is 39.2 Å². The summed E-state index contributed by atoms with van der Waals surface area (Å²) in [6, 6.07) is 19.5. The Morgan fingerprint density at radius 3 is 2.83 bits per heavy atom. The van der Waals surface area contributed by atoms with Crippen LogP contribution in [0.5, 0.6) is 0 Å². The van der Waals surface area contributed by atoms with Gasteiger partial charge in [0.25, 0.3) is 0 Å². The number of thiophene rings is 1. The number of allylic oxidation sites excluding steroid dienone is 1. The fourth-order valence-corrected chi connectivity index (χ4v) is 6.64. The average molecular weight is 411 g/mol. The van der Waals surface area contributed by atoms with Gasteiger partial charge >= 0.3 is 0 Å².